The molecule has 2 N–H and O–H groups in total. The largest absolute Gasteiger partial charge is 0.317 e. The molecule has 0 saturated heterocycles. The number of rotatable bonds is 3. The second-order valence-electron chi connectivity index (χ2n) is 4.89. The van der Waals surface area contributed by atoms with Crippen LogP contribution in [0.3, 0.4) is 0 Å². The number of carbonyl (C=O) groups excluding carboxylic acids is 1. The van der Waals surface area contributed by atoms with Gasteiger partial charge in [-0.05, 0) is 45.2 Å². The molecule has 0 radical (unpaired) electrons. The summed E-state index contributed by atoms with van der Waals surface area (Å²) < 4.78 is 0. The second kappa shape index (κ2) is 4.49. The first-order chi connectivity index (χ1) is 8.07. The zero-order chi connectivity index (χ0) is 12.5. The highest BCUT2D eigenvalue weighted by Crippen LogP contribution is 2.32. The van der Waals surface area contributed by atoms with Gasteiger partial charge in [0.2, 0.25) is 5.91 Å². The Labute approximate surface area is 103 Å². The van der Waals surface area contributed by atoms with Crippen molar-refractivity contribution in [2.24, 2.45) is 5.73 Å². The van der Waals surface area contributed by atoms with Crippen LogP contribution in [0.15, 0.2) is 24.3 Å². The third-order valence-corrected chi connectivity index (χ3v) is 3.58. The molecule has 0 heterocycles. The lowest BCUT2D eigenvalue weighted by atomic mass is 9.76. The number of amides is 1. The van der Waals surface area contributed by atoms with Crippen molar-refractivity contribution in [1.82, 2.24) is 0 Å². The summed E-state index contributed by atoms with van der Waals surface area (Å²) >= 11 is 0. The summed E-state index contributed by atoms with van der Waals surface area (Å²) in [5, 5.41) is 0. The standard InChI is InChI=1S/C14H20N2O/c1-3-16(12-7-5-11(2)6-8-12)13(17)14(15)9-4-10-14/h5-8H,3-4,9-10,15H2,1-2H3. The van der Waals surface area contributed by atoms with E-state index >= 15 is 0 Å². The number of likely N-dealkylation sites (N-methyl/N-ethyl adjacent to an activating group) is 1. The molecular formula is C14H20N2O. The van der Waals surface area contributed by atoms with Crippen molar-refractivity contribution >= 4 is 11.6 Å². The van der Waals surface area contributed by atoms with E-state index in [4.69, 9.17) is 5.73 Å². The topological polar surface area (TPSA) is 46.3 Å². The summed E-state index contributed by atoms with van der Waals surface area (Å²) in [4.78, 5) is 14.2. The molecule has 0 spiro atoms. The second-order valence-corrected chi connectivity index (χ2v) is 4.89. The Morgan fingerprint density at radius 2 is 1.94 bits per heavy atom. The first kappa shape index (κ1) is 12.1. The van der Waals surface area contributed by atoms with Crippen LogP contribution in [-0.4, -0.2) is 18.0 Å². The average molecular weight is 232 g/mol. The van der Waals surface area contributed by atoms with Crippen LogP contribution in [0.25, 0.3) is 0 Å². The molecule has 1 aliphatic carbocycles. The minimum Gasteiger partial charge on any atom is -0.317 e. The highest BCUT2D eigenvalue weighted by atomic mass is 16.2. The third-order valence-electron chi connectivity index (χ3n) is 3.58. The van der Waals surface area contributed by atoms with Gasteiger partial charge >= 0.3 is 0 Å². The Hall–Kier alpha value is -1.35. The fourth-order valence-corrected chi connectivity index (χ4v) is 2.21. The predicted molar refractivity (Wildman–Crippen MR) is 70.0 cm³/mol. The van der Waals surface area contributed by atoms with Crippen LogP contribution >= 0.6 is 0 Å². The van der Waals surface area contributed by atoms with E-state index in [2.05, 4.69) is 0 Å². The SMILES string of the molecule is CCN(C(=O)C1(N)CCC1)c1ccc(C)cc1. The van der Waals surface area contributed by atoms with E-state index in [9.17, 15) is 4.79 Å². The summed E-state index contributed by atoms with van der Waals surface area (Å²) in [6, 6.07) is 8.02. The predicted octanol–water partition coefficient (Wildman–Crippen LogP) is 2.23. The maximum atomic E-state index is 12.4. The van der Waals surface area contributed by atoms with Crippen LogP contribution in [0, 0.1) is 6.92 Å². The Kier molecular flexibility index (Phi) is 3.20. The van der Waals surface area contributed by atoms with Crippen molar-refractivity contribution < 1.29 is 4.79 Å². The Morgan fingerprint density at radius 3 is 2.35 bits per heavy atom. The van der Waals surface area contributed by atoms with E-state index in [0.29, 0.717) is 6.54 Å². The molecule has 0 unspecified atom stereocenters. The highest BCUT2D eigenvalue weighted by Gasteiger charge is 2.42. The minimum atomic E-state index is -0.610. The first-order valence-corrected chi connectivity index (χ1v) is 6.24. The minimum absolute atomic E-state index is 0.0649. The summed E-state index contributed by atoms with van der Waals surface area (Å²) in [5.41, 5.74) is 7.63. The molecule has 17 heavy (non-hydrogen) atoms. The Bertz CT molecular complexity index is 407. The molecule has 1 aliphatic rings. The van der Waals surface area contributed by atoms with Crippen molar-refractivity contribution in [3.63, 3.8) is 0 Å². The van der Waals surface area contributed by atoms with Crippen molar-refractivity contribution in [3.05, 3.63) is 29.8 Å². The van der Waals surface area contributed by atoms with Gasteiger partial charge in [0, 0.05) is 12.2 Å². The number of nitrogens with zero attached hydrogens (tertiary/aromatic N) is 1. The van der Waals surface area contributed by atoms with E-state index in [1.807, 2.05) is 38.1 Å². The summed E-state index contributed by atoms with van der Waals surface area (Å²) in [5.74, 6) is 0.0649. The van der Waals surface area contributed by atoms with Gasteiger partial charge in [-0.3, -0.25) is 4.79 Å². The number of benzene rings is 1. The Morgan fingerprint density at radius 1 is 1.35 bits per heavy atom. The van der Waals surface area contributed by atoms with Gasteiger partial charge < -0.3 is 10.6 Å². The smallest absolute Gasteiger partial charge is 0.247 e. The van der Waals surface area contributed by atoms with Crippen molar-refractivity contribution in [3.8, 4) is 0 Å². The van der Waals surface area contributed by atoms with Gasteiger partial charge in [0.05, 0.1) is 5.54 Å². The summed E-state index contributed by atoms with van der Waals surface area (Å²) in [6.07, 6.45) is 2.69. The van der Waals surface area contributed by atoms with Gasteiger partial charge in [-0.25, -0.2) is 0 Å². The maximum absolute atomic E-state index is 12.4. The van der Waals surface area contributed by atoms with Crippen molar-refractivity contribution in [2.75, 3.05) is 11.4 Å². The molecule has 1 amide bonds. The van der Waals surface area contributed by atoms with Crippen LogP contribution in [0.4, 0.5) is 5.69 Å². The average Bonchev–Trinajstić information content (AvgIpc) is 2.29. The number of carbonyl (C=O) groups is 1. The van der Waals surface area contributed by atoms with Gasteiger partial charge in [-0.1, -0.05) is 17.7 Å². The molecule has 3 nitrogen and oxygen atoms in total. The van der Waals surface area contributed by atoms with Crippen LogP contribution < -0.4 is 10.6 Å². The highest BCUT2D eigenvalue weighted by molar-refractivity contribution is 6.00. The quantitative estimate of drug-likeness (QED) is 0.868. The number of hydrogen-bond donors (Lipinski definition) is 1. The lowest BCUT2D eigenvalue weighted by Gasteiger charge is -2.40. The van der Waals surface area contributed by atoms with Crippen LogP contribution in [-0.2, 0) is 4.79 Å². The zero-order valence-corrected chi connectivity index (χ0v) is 10.6. The maximum Gasteiger partial charge on any atom is 0.247 e. The molecule has 0 aromatic heterocycles. The van der Waals surface area contributed by atoms with Crippen molar-refractivity contribution in [2.45, 2.75) is 38.6 Å². The van der Waals surface area contributed by atoms with Crippen molar-refractivity contribution in [1.29, 1.82) is 0 Å². The fourth-order valence-electron chi connectivity index (χ4n) is 2.21. The van der Waals surface area contributed by atoms with Gasteiger partial charge in [-0.2, -0.15) is 0 Å². The molecule has 0 atom stereocenters. The molecule has 1 fully saturated rings. The summed E-state index contributed by atoms with van der Waals surface area (Å²) in [7, 11) is 0. The van der Waals surface area contributed by atoms with Crippen LogP contribution in [0.2, 0.25) is 0 Å². The van der Waals surface area contributed by atoms with E-state index < -0.39 is 5.54 Å². The van der Waals surface area contributed by atoms with Gasteiger partial charge in [0.1, 0.15) is 0 Å². The first-order valence-electron chi connectivity index (χ1n) is 6.24. The van der Waals surface area contributed by atoms with Gasteiger partial charge in [0.25, 0.3) is 0 Å². The fraction of sp³-hybridized carbons (Fsp3) is 0.500. The lowest BCUT2D eigenvalue weighted by Crippen LogP contribution is -2.59. The molecule has 0 bridgehead atoms. The number of anilines is 1. The van der Waals surface area contributed by atoms with E-state index in [1.165, 1.54) is 5.56 Å². The number of hydrogen-bond acceptors (Lipinski definition) is 2. The molecule has 2 rings (SSSR count). The normalized spacial score (nSPS) is 17.4. The number of nitrogens with two attached hydrogens (primary N) is 1. The van der Waals surface area contributed by atoms with Gasteiger partial charge in [0.15, 0.2) is 0 Å². The molecule has 3 heteroatoms. The van der Waals surface area contributed by atoms with Gasteiger partial charge in [-0.15, -0.1) is 0 Å². The zero-order valence-electron chi connectivity index (χ0n) is 10.6. The third kappa shape index (κ3) is 2.20. The van der Waals surface area contributed by atoms with Crippen LogP contribution in [0.5, 0.6) is 0 Å². The molecule has 1 aromatic rings. The van der Waals surface area contributed by atoms with E-state index in [0.717, 1.165) is 24.9 Å². The number of aryl methyl sites for hydroxylation is 1. The molecule has 1 saturated carbocycles. The molecular weight excluding hydrogens is 212 g/mol. The molecule has 0 aliphatic heterocycles. The monoisotopic (exact) mass is 232 g/mol. The Balaban J connectivity index is 2.21. The van der Waals surface area contributed by atoms with E-state index in [-0.39, 0.29) is 5.91 Å². The molecule has 1 aromatic carbocycles. The van der Waals surface area contributed by atoms with Crippen LogP contribution in [0.1, 0.15) is 31.7 Å². The summed E-state index contributed by atoms with van der Waals surface area (Å²) in [6.45, 7) is 4.69. The lowest BCUT2D eigenvalue weighted by molar-refractivity contribution is -0.126. The molecule has 92 valence electrons. The van der Waals surface area contributed by atoms with E-state index in [1.54, 1.807) is 4.90 Å².